The molecule has 3 aromatic carbocycles. The largest absolute Gasteiger partial charge is 0.484 e. The van der Waals surface area contributed by atoms with Gasteiger partial charge in [0, 0.05) is 6.07 Å². The van der Waals surface area contributed by atoms with Crippen LogP contribution in [-0.4, -0.2) is 12.5 Å². The molecule has 1 N–H and O–H groups in total. The zero-order valence-corrected chi connectivity index (χ0v) is 19.6. The van der Waals surface area contributed by atoms with Gasteiger partial charge in [0.15, 0.2) is 6.61 Å². The number of amides is 1. The van der Waals surface area contributed by atoms with Crippen molar-refractivity contribution < 1.29 is 31.9 Å². The number of benzene rings is 3. The van der Waals surface area contributed by atoms with Crippen LogP contribution in [-0.2, 0) is 17.4 Å². The minimum atomic E-state index is -4.58. The molecule has 0 fully saturated rings. The molecule has 0 unspecified atom stereocenters. The van der Waals surface area contributed by atoms with E-state index in [0.717, 1.165) is 30.2 Å². The third-order valence-electron chi connectivity index (χ3n) is 5.23. The maximum atomic E-state index is 12.9. The average Bonchev–Trinajstić information content (AvgIpc) is 2.85. The van der Waals surface area contributed by atoms with Crippen molar-refractivity contribution in [1.29, 1.82) is 0 Å². The summed E-state index contributed by atoms with van der Waals surface area (Å²) in [5.74, 6) is 0.0601. The maximum absolute atomic E-state index is 12.9. The monoisotopic (exact) mass is 517 g/mol. The summed E-state index contributed by atoms with van der Waals surface area (Å²) in [6.45, 7) is 1.46. The standard InChI is InChI=1S/C26H19ClF3NO5/c1-2-15-5-3-4-6-21(15)36-23-13-35-22-12-17(8-9-18(22)25(23)33)34-14-24(32)31-20-11-16(26(28,29)30)7-10-19(20)27/h3-13H,2,14H2,1H3,(H,31,32). The number of nitrogens with one attached hydrogen (secondary N) is 1. The summed E-state index contributed by atoms with van der Waals surface area (Å²) in [6, 6.07) is 14.3. The molecule has 0 spiro atoms. The summed E-state index contributed by atoms with van der Waals surface area (Å²) >= 11 is 5.89. The highest BCUT2D eigenvalue weighted by Crippen LogP contribution is 2.34. The molecular formula is C26H19ClF3NO5. The number of para-hydroxylation sites is 1. The van der Waals surface area contributed by atoms with Gasteiger partial charge < -0.3 is 19.2 Å². The van der Waals surface area contributed by atoms with Crippen molar-refractivity contribution in [2.45, 2.75) is 19.5 Å². The van der Waals surface area contributed by atoms with Gasteiger partial charge in [-0.15, -0.1) is 0 Å². The van der Waals surface area contributed by atoms with Crippen LogP contribution in [0, 0.1) is 0 Å². The summed E-state index contributed by atoms with van der Waals surface area (Å²) in [6.07, 6.45) is -2.66. The van der Waals surface area contributed by atoms with Crippen LogP contribution in [0.3, 0.4) is 0 Å². The quantitative estimate of drug-likeness (QED) is 0.290. The zero-order chi connectivity index (χ0) is 25.9. The fourth-order valence-corrected chi connectivity index (χ4v) is 3.56. The Hall–Kier alpha value is -3.98. The summed E-state index contributed by atoms with van der Waals surface area (Å²) in [7, 11) is 0. The molecule has 10 heteroatoms. The number of aryl methyl sites for hydroxylation is 1. The van der Waals surface area contributed by atoms with Gasteiger partial charge >= 0.3 is 6.18 Å². The van der Waals surface area contributed by atoms with Crippen LogP contribution in [0.1, 0.15) is 18.1 Å². The summed E-state index contributed by atoms with van der Waals surface area (Å²) in [4.78, 5) is 25.1. The van der Waals surface area contributed by atoms with Crippen molar-refractivity contribution in [3.05, 3.63) is 93.3 Å². The molecule has 0 radical (unpaired) electrons. The van der Waals surface area contributed by atoms with E-state index in [-0.39, 0.29) is 38.6 Å². The topological polar surface area (TPSA) is 77.8 Å². The number of alkyl halides is 3. The van der Waals surface area contributed by atoms with Crippen molar-refractivity contribution in [3.8, 4) is 17.2 Å². The number of halogens is 4. The molecule has 36 heavy (non-hydrogen) atoms. The van der Waals surface area contributed by atoms with E-state index < -0.39 is 24.3 Å². The van der Waals surface area contributed by atoms with Crippen molar-refractivity contribution in [3.63, 3.8) is 0 Å². The molecule has 6 nitrogen and oxygen atoms in total. The van der Waals surface area contributed by atoms with Crippen LogP contribution >= 0.6 is 11.6 Å². The van der Waals surface area contributed by atoms with E-state index >= 15 is 0 Å². The molecule has 186 valence electrons. The molecule has 0 aliphatic carbocycles. The third kappa shape index (κ3) is 5.63. The molecule has 0 aliphatic heterocycles. The first-order valence-corrected chi connectivity index (χ1v) is 11.1. The predicted octanol–water partition coefficient (Wildman–Crippen LogP) is 6.84. The Balaban J connectivity index is 1.46. The molecule has 0 bridgehead atoms. The molecule has 1 aromatic heterocycles. The van der Waals surface area contributed by atoms with Gasteiger partial charge in [0.25, 0.3) is 5.91 Å². The highest BCUT2D eigenvalue weighted by molar-refractivity contribution is 6.33. The highest BCUT2D eigenvalue weighted by Gasteiger charge is 2.31. The van der Waals surface area contributed by atoms with E-state index in [2.05, 4.69) is 5.32 Å². The minimum absolute atomic E-state index is 0.0226. The lowest BCUT2D eigenvalue weighted by atomic mass is 10.1. The molecule has 1 heterocycles. The van der Waals surface area contributed by atoms with E-state index in [9.17, 15) is 22.8 Å². The van der Waals surface area contributed by atoms with E-state index in [1.807, 2.05) is 19.1 Å². The van der Waals surface area contributed by atoms with Crippen molar-refractivity contribution in [2.24, 2.45) is 0 Å². The van der Waals surface area contributed by atoms with E-state index in [1.54, 1.807) is 12.1 Å². The lowest BCUT2D eigenvalue weighted by Gasteiger charge is -2.12. The summed E-state index contributed by atoms with van der Waals surface area (Å²) < 4.78 is 55.5. The molecule has 0 aliphatic rings. The Morgan fingerprint density at radius 1 is 1.06 bits per heavy atom. The van der Waals surface area contributed by atoms with E-state index in [0.29, 0.717) is 5.75 Å². The molecule has 0 saturated heterocycles. The van der Waals surface area contributed by atoms with Gasteiger partial charge in [-0.25, -0.2) is 0 Å². The number of rotatable bonds is 7. The Kier molecular flexibility index (Phi) is 7.21. The second-order valence-electron chi connectivity index (χ2n) is 7.68. The summed E-state index contributed by atoms with van der Waals surface area (Å²) in [5, 5.41) is 2.49. The fourth-order valence-electron chi connectivity index (χ4n) is 3.40. The number of carbonyl (C=O) groups is 1. The minimum Gasteiger partial charge on any atom is -0.484 e. The Labute approximate surface area is 208 Å². The van der Waals surface area contributed by atoms with Crippen LogP contribution in [0.15, 0.2) is 76.1 Å². The molecular weight excluding hydrogens is 499 g/mol. The normalized spacial score (nSPS) is 11.4. The predicted molar refractivity (Wildman–Crippen MR) is 129 cm³/mol. The molecule has 4 aromatic rings. The molecule has 1 amide bonds. The van der Waals surface area contributed by atoms with Crippen molar-refractivity contribution in [2.75, 3.05) is 11.9 Å². The van der Waals surface area contributed by atoms with Crippen LogP contribution < -0.4 is 20.2 Å². The van der Waals surface area contributed by atoms with Gasteiger partial charge in [-0.2, -0.15) is 13.2 Å². The average molecular weight is 518 g/mol. The van der Waals surface area contributed by atoms with Crippen LogP contribution in [0.5, 0.6) is 17.2 Å². The maximum Gasteiger partial charge on any atom is 0.416 e. The number of hydrogen-bond acceptors (Lipinski definition) is 5. The Morgan fingerprint density at radius 3 is 2.58 bits per heavy atom. The molecule has 4 rings (SSSR count). The lowest BCUT2D eigenvalue weighted by Crippen LogP contribution is -2.20. The Bertz CT molecular complexity index is 1480. The third-order valence-corrected chi connectivity index (χ3v) is 5.56. The smallest absolute Gasteiger partial charge is 0.416 e. The van der Waals surface area contributed by atoms with Gasteiger partial charge in [0.1, 0.15) is 23.3 Å². The number of anilines is 1. The van der Waals surface area contributed by atoms with Gasteiger partial charge in [-0.3, -0.25) is 9.59 Å². The highest BCUT2D eigenvalue weighted by atomic mass is 35.5. The van der Waals surface area contributed by atoms with E-state index in [4.69, 9.17) is 25.5 Å². The first-order chi connectivity index (χ1) is 17.2. The van der Waals surface area contributed by atoms with Crippen LogP contribution in [0.2, 0.25) is 5.02 Å². The number of carbonyl (C=O) groups excluding carboxylic acids is 1. The van der Waals surface area contributed by atoms with Gasteiger partial charge in [0.2, 0.25) is 11.2 Å². The number of ether oxygens (including phenoxy) is 2. The first-order valence-electron chi connectivity index (χ1n) is 10.8. The fraction of sp³-hybridized carbons (Fsp3) is 0.154. The molecule has 0 atom stereocenters. The van der Waals surface area contributed by atoms with Crippen molar-refractivity contribution in [1.82, 2.24) is 0 Å². The molecule has 0 saturated carbocycles. The number of hydrogen-bond donors (Lipinski definition) is 1. The zero-order valence-electron chi connectivity index (χ0n) is 18.8. The first kappa shape index (κ1) is 25.1. The van der Waals surface area contributed by atoms with Crippen molar-refractivity contribution >= 4 is 34.2 Å². The second kappa shape index (κ2) is 10.3. The second-order valence-corrected chi connectivity index (χ2v) is 8.09. The van der Waals surface area contributed by atoms with Gasteiger partial charge in [0.05, 0.1) is 21.7 Å². The van der Waals surface area contributed by atoms with E-state index in [1.165, 1.54) is 24.5 Å². The number of fused-ring (bicyclic) bond motifs is 1. The van der Waals surface area contributed by atoms with Crippen LogP contribution in [0.4, 0.5) is 18.9 Å². The van der Waals surface area contributed by atoms with Crippen LogP contribution in [0.25, 0.3) is 11.0 Å². The SMILES string of the molecule is CCc1ccccc1Oc1coc2cc(OCC(=O)Nc3cc(C(F)(F)F)ccc3Cl)ccc2c1=O. The van der Waals surface area contributed by atoms with Gasteiger partial charge in [-0.1, -0.05) is 36.7 Å². The van der Waals surface area contributed by atoms with Gasteiger partial charge in [-0.05, 0) is 48.4 Å². The Morgan fingerprint density at radius 2 is 1.83 bits per heavy atom. The lowest BCUT2D eigenvalue weighted by molar-refractivity contribution is -0.137. The summed E-state index contributed by atoms with van der Waals surface area (Å²) in [5.41, 5.74) is -0.387.